The van der Waals surface area contributed by atoms with Gasteiger partial charge in [0.05, 0.1) is 0 Å². The molecule has 0 aliphatic carbocycles. The van der Waals surface area contributed by atoms with Gasteiger partial charge in [0.1, 0.15) is 0 Å². The van der Waals surface area contributed by atoms with Crippen LogP contribution in [-0.2, 0) is 6.54 Å². The van der Waals surface area contributed by atoms with E-state index in [1.54, 1.807) is 12.1 Å². The molecule has 0 bridgehead atoms. The van der Waals surface area contributed by atoms with Gasteiger partial charge in [0.25, 0.3) is 5.91 Å². The molecule has 1 heterocycles. The van der Waals surface area contributed by atoms with E-state index < -0.39 is 0 Å². The zero-order valence-electron chi connectivity index (χ0n) is 9.37. The third-order valence-corrected chi connectivity index (χ3v) is 2.57. The first kappa shape index (κ1) is 11.7. The van der Waals surface area contributed by atoms with Crippen LogP contribution in [0, 0.1) is 6.92 Å². The van der Waals surface area contributed by atoms with E-state index in [9.17, 15) is 4.79 Å². The molecule has 0 aliphatic rings. The van der Waals surface area contributed by atoms with Gasteiger partial charge in [-0.25, -0.2) is 0 Å². The SMILES string of the molecule is Cc1ccc(CNC(=O)c2ccc(Cl)o2)cc1. The fraction of sp³-hybridized carbons (Fsp3) is 0.154. The van der Waals surface area contributed by atoms with Crippen molar-refractivity contribution in [3.05, 3.63) is 58.5 Å². The summed E-state index contributed by atoms with van der Waals surface area (Å²) in [5, 5.41) is 2.97. The number of hydrogen-bond donors (Lipinski definition) is 1. The maximum atomic E-state index is 11.6. The van der Waals surface area contributed by atoms with E-state index in [0.29, 0.717) is 6.54 Å². The van der Waals surface area contributed by atoms with Crippen molar-refractivity contribution in [2.75, 3.05) is 0 Å². The largest absolute Gasteiger partial charge is 0.440 e. The molecule has 88 valence electrons. The lowest BCUT2D eigenvalue weighted by atomic mass is 10.1. The number of hydrogen-bond acceptors (Lipinski definition) is 2. The van der Waals surface area contributed by atoms with Crippen molar-refractivity contribution in [2.24, 2.45) is 0 Å². The minimum absolute atomic E-state index is 0.213. The van der Waals surface area contributed by atoms with Gasteiger partial charge in [-0.15, -0.1) is 0 Å². The summed E-state index contributed by atoms with van der Waals surface area (Å²) in [6.07, 6.45) is 0. The Kier molecular flexibility index (Phi) is 3.49. The standard InChI is InChI=1S/C13H12ClNO2/c1-9-2-4-10(5-3-9)8-15-13(16)11-6-7-12(14)17-11/h2-7H,8H2,1H3,(H,15,16). The normalized spacial score (nSPS) is 10.2. The average Bonchev–Trinajstić information content (AvgIpc) is 2.75. The molecule has 1 N–H and O–H groups in total. The predicted molar refractivity (Wildman–Crippen MR) is 66.1 cm³/mol. The molecule has 1 amide bonds. The van der Waals surface area contributed by atoms with Crippen LogP contribution in [0.2, 0.25) is 5.22 Å². The van der Waals surface area contributed by atoms with E-state index in [1.807, 2.05) is 31.2 Å². The van der Waals surface area contributed by atoms with Crippen LogP contribution in [0.1, 0.15) is 21.7 Å². The van der Waals surface area contributed by atoms with Gasteiger partial charge in [-0.05, 0) is 36.2 Å². The lowest BCUT2D eigenvalue weighted by molar-refractivity contribution is 0.0923. The lowest BCUT2D eigenvalue weighted by Gasteiger charge is -2.03. The Morgan fingerprint density at radius 2 is 1.94 bits per heavy atom. The fourth-order valence-electron chi connectivity index (χ4n) is 1.41. The number of halogens is 1. The van der Waals surface area contributed by atoms with Crippen molar-refractivity contribution in [3.8, 4) is 0 Å². The second-order valence-electron chi connectivity index (χ2n) is 3.77. The van der Waals surface area contributed by atoms with Crippen LogP contribution in [0.4, 0.5) is 0 Å². The Morgan fingerprint density at radius 1 is 1.24 bits per heavy atom. The summed E-state index contributed by atoms with van der Waals surface area (Å²) in [7, 11) is 0. The molecule has 17 heavy (non-hydrogen) atoms. The number of amides is 1. The minimum Gasteiger partial charge on any atom is -0.440 e. The van der Waals surface area contributed by atoms with Crippen molar-refractivity contribution in [3.63, 3.8) is 0 Å². The zero-order chi connectivity index (χ0) is 12.3. The quantitative estimate of drug-likeness (QED) is 0.908. The third-order valence-electron chi connectivity index (χ3n) is 2.37. The van der Waals surface area contributed by atoms with Gasteiger partial charge in [-0.1, -0.05) is 29.8 Å². The summed E-state index contributed by atoms with van der Waals surface area (Å²) < 4.78 is 5.01. The van der Waals surface area contributed by atoms with Gasteiger partial charge in [0.2, 0.25) is 0 Å². The summed E-state index contributed by atoms with van der Waals surface area (Å²) in [5.41, 5.74) is 2.24. The highest BCUT2D eigenvalue weighted by molar-refractivity contribution is 6.29. The van der Waals surface area contributed by atoms with E-state index in [1.165, 1.54) is 5.56 Å². The number of nitrogens with one attached hydrogen (secondary N) is 1. The summed E-state index contributed by atoms with van der Waals surface area (Å²) in [4.78, 5) is 11.6. The molecule has 2 aromatic rings. The second-order valence-corrected chi connectivity index (χ2v) is 4.14. The molecule has 0 atom stereocenters. The summed E-state index contributed by atoms with van der Waals surface area (Å²) >= 11 is 5.59. The van der Waals surface area contributed by atoms with Crippen molar-refractivity contribution < 1.29 is 9.21 Å². The Labute approximate surface area is 104 Å². The molecule has 3 nitrogen and oxygen atoms in total. The van der Waals surface area contributed by atoms with E-state index >= 15 is 0 Å². The number of furan rings is 1. The minimum atomic E-state index is -0.266. The Balaban J connectivity index is 1.94. The highest BCUT2D eigenvalue weighted by atomic mass is 35.5. The summed E-state index contributed by atoms with van der Waals surface area (Å²) in [6.45, 7) is 2.49. The average molecular weight is 250 g/mol. The molecule has 2 rings (SSSR count). The van der Waals surface area contributed by atoms with Gasteiger partial charge in [-0.3, -0.25) is 4.79 Å². The molecule has 0 spiro atoms. The third kappa shape index (κ3) is 3.11. The molecular weight excluding hydrogens is 238 g/mol. The van der Waals surface area contributed by atoms with Gasteiger partial charge in [0.15, 0.2) is 11.0 Å². The first-order chi connectivity index (χ1) is 8.15. The highest BCUT2D eigenvalue weighted by Gasteiger charge is 2.09. The second kappa shape index (κ2) is 5.06. The van der Waals surface area contributed by atoms with E-state index in [-0.39, 0.29) is 16.9 Å². The van der Waals surface area contributed by atoms with E-state index in [2.05, 4.69) is 5.32 Å². The van der Waals surface area contributed by atoms with Crippen molar-refractivity contribution in [1.29, 1.82) is 0 Å². The Bertz CT molecular complexity index is 516. The molecule has 0 aliphatic heterocycles. The zero-order valence-corrected chi connectivity index (χ0v) is 10.1. The smallest absolute Gasteiger partial charge is 0.287 e. The van der Waals surface area contributed by atoms with Crippen LogP contribution in [-0.4, -0.2) is 5.91 Å². The molecule has 0 fully saturated rings. The Hall–Kier alpha value is -1.74. The topological polar surface area (TPSA) is 42.2 Å². The molecule has 1 aromatic heterocycles. The summed E-state index contributed by atoms with van der Waals surface area (Å²) in [5.74, 6) is -0.0420. The number of carbonyl (C=O) groups excluding carboxylic acids is 1. The first-order valence-electron chi connectivity index (χ1n) is 5.24. The van der Waals surface area contributed by atoms with Crippen LogP contribution in [0.3, 0.4) is 0 Å². The molecule has 0 radical (unpaired) electrons. The monoisotopic (exact) mass is 249 g/mol. The van der Waals surface area contributed by atoms with Crippen LogP contribution in [0.15, 0.2) is 40.8 Å². The number of carbonyl (C=O) groups is 1. The predicted octanol–water partition coefficient (Wildman–Crippen LogP) is 3.17. The molecule has 0 saturated heterocycles. The Morgan fingerprint density at radius 3 is 2.53 bits per heavy atom. The maximum Gasteiger partial charge on any atom is 0.287 e. The van der Waals surface area contributed by atoms with Crippen molar-refractivity contribution in [1.82, 2.24) is 5.32 Å². The van der Waals surface area contributed by atoms with E-state index in [4.69, 9.17) is 16.0 Å². The van der Waals surface area contributed by atoms with Gasteiger partial charge < -0.3 is 9.73 Å². The maximum absolute atomic E-state index is 11.6. The van der Waals surface area contributed by atoms with Gasteiger partial charge in [-0.2, -0.15) is 0 Å². The van der Waals surface area contributed by atoms with Crippen molar-refractivity contribution >= 4 is 17.5 Å². The number of rotatable bonds is 3. The van der Waals surface area contributed by atoms with Gasteiger partial charge in [0, 0.05) is 6.54 Å². The number of aryl methyl sites for hydroxylation is 1. The molecule has 4 heteroatoms. The number of benzene rings is 1. The molecular formula is C13H12ClNO2. The van der Waals surface area contributed by atoms with Crippen LogP contribution < -0.4 is 5.32 Å². The van der Waals surface area contributed by atoms with E-state index in [0.717, 1.165) is 5.56 Å². The van der Waals surface area contributed by atoms with Crippen LogP contribution >= 0.6 is 11.6 Å². The molecule has 0 saturated carbocycles. The van der Waals surface area contributed by atoms with Crippen LogP contribution in [0.5, 0.6) is 0 Å². The molecule has 1 aromatic carbocycles. The highest BCUT2D eigenvalue weighted by Crippen LogP contribution is 2.13. The van der Waals surface area contributed by atoms with Crippen LogP contribution in [0.25, 0.3) is 0 Å². The summed E-state index contributed by atoms with van der Waals surface area (Å²) in [6, 6.07) is 11.1. The van der Waals surface area contributed by atoms with Gasteiger partial charge >= 0.3 is 0 Å². The molecule has 0 unspecified atom stereocenters. The fourth-order valence-corrected chi connectivity index (χ4v) is 1.56. The lowest BCUT2D eigenvalue weighted by Crippen LogP contribution is -2.22. The first-order valence-corrected chi connectivity index (χ1v) is 5.62. The van der Waals surface area contributed by atoms with Crippen molar-refractivity contribution in [2.45, 2.75) is 13.5 Å².